The Kier molecular flexibility index (Phi) is 2.92. The van der Waals surface area contributed by atoms with Gasteiger partial charge >= 0.3 is 0 Å². The number of nitriles is 1. The van der Waals surface area contributed by atoms with E-state index < -0.39 is 0 Å². The average Bonchev–Trinajstić information content (AvgIpc) is 2.73. The summed E-state index contributed by atoms with van der Waals surface area (Å²) < 4.78 is 0. The first-order valence-corrected chi connectivity index (χ1v) is 5.09. The van der Waals surface area contributed by atoms with Crippen LogP contribution in [0.15, 0.2) is 18.5 Å². The second kappa shape index (κ2) is 4.53. The smallest absolute Gasteiger partial charge is 0.149 e. The van der Waals surface area contributed by atoms with Crippen LogP contribution in [-0.4, -0.2) is 15.2 Å². The molecule has 0 amide bonds. The number of nitrogen functional groups attached to an aromatic ring is 1. The van der Waals surface area contributed by atoms with Gasteiger partial charge in [0.15, 0.2) is 0 Å². The molecule has 0 aliphatic heterocycles. The van der Waals surface area contributed by atoms with E-state index in [1.54, 1.807) is 12.3 Å². The number of rotatable bonds is 3. The lowest BCUT2D eigenvalue weighted by atomic mass is 10.2. The maximum absolute atomic E-state index is 8.69. The van der Waals surface area contributed by atoms with Crippen LogP contribution in [0.5, 0.6) is 0 Å². The molecule has 0 atom stereocenters. The van der Waals surface area contributed by atoms with Gasteiger partial charge in [-0.1, -0.05) is 0 Å². The van der Waals surface area contributed by atoms with Crippen molar-refractivity contribution in [2.24, 2.45) is 0 Å². The van der Waals surface area contributed by atoms with Crippen LogP contribution in [0.2, 0.25) is 0 Å². The SMILES string of the molecule is Cc1[nH]ncc1CNc1ncc(C#N)cc1N. The quantitative estimate of drug-likeness (QED) is 0.731. The molecule has 0 unspecified atom stereocenters. The second-order valence-electron chi connectivity index (χ2n) is 3.65. The van der Waals surface area contributed by atoms with Gasteiger partial charge < -0.3 is 11.1 Å². The van der Waals surface area contributed by atoms with Crippen LogP contribution in [0.4, 0.5) is 11.5 Å². The standard InChI is InChI=1S/C11H12N6/c1-7-9(6-16-17-7)5-15-11-10(13)2-8(3-12)4-14-11/h2,4,6H,5,13H2,1H3,(H,14,15)(H,16,17). The highest BCUT2D eigenvalue weighted by atomic mass is 15.1. The van der Waals surface area contributed by atoms with E-state index in [-0.39, 0.29) is 0 Å². The van der Waals surface area contributed by atoms with E-state index in [1.165, 1.54) is 6.20 Å². The van der Waals surface area contributed by atoms with Crippen LogP contribution < -0.4 is 11.1 Å². The van der Waals surface area contributed by atoms with Crippen molar-refractivity contribution in [3.05, 3.63) is 35.3 Å². The lowest BCUT2D eigenvalue weighted by molar-refractivity contribution is 1.04. The number of hydrogen-bond donors (Lipinski definition) is 3. The van der Waals surface area contributed by atoms with Crippen molar-refractivity contribution < 1.29 is 0 Å². The third-order valence-electron chi connectivity index (χ3n) is 2.43. The Bertz CT molecular complexity index is 566. The zero-order valence-electron chi connectivity index (χ0n) is 9.36. The first kappa shape index (κ1) is 11.0. The minimum Gasteiger partial charge on any atom is -0.396 e. The number of hydrogen-bond acceptors (Lipinski definition) is 5. The molecule has 0 aliphatic carbocycles. The number of nitrogens with one attached hydrogen (secondary N) is 2. The van der Waals surface area contributed by atoms with Gasteiger partial charge in [-0.15, -0.1) is 0 Å². The molecule has 2 aromatic heterocycles. The highest BCUT2D eigenvalue weighted by Gasteiger charge is 2.04. The zero-order chi connectivity index (χ0) is 12.3. The van der Waals surface area contributed by atoms with Gasteiger partial charge in [-0.3, -0.25) is 5.10 Å². The van der Waals surface area contributed by atoms with Crippen LogP contribution in [0.25, 0.3) is 0 Å². The molecule has 2 aromatic rings. The second-order valence-corrected chi connectivity index (χ2v) is 3.65. The molecule has 6 nitrogen and oxygen atoms in total. The minimum absolute atomic E-state index is 0.451. The van der Waals surface area contributed by atoms with Gasteiger partial charge in [0, 0.05) is 24.0 Å². The zero-order valence-corrected chi connectivity index (χ0v) is 9.36. The molecule has 17 heavy (non-hydrogen) atoms. The number of aromatic nitrogens is 3. The van der Waals surface area contributed by atoms with E-state index in [0.717, 1.165) is 11.3 Å². The number of pyridine rings is 1. The molecule has 0 radical (unpaired) electrons. The Labute approximate surface area is 98.5 Å². The Hall–Kier alpha value is -2.55. The molecule has 6 heteroatoms. The van der Waals surface area contributed by atoms with E-state index in [2.05, 4.69) is 20.5 Å². The molecule has 0 saturated heterocycles. The van der Waals surface area contributed by atoms with Crippen molar-refractivity contribution in [3.63, 3.8) is 0 Å². The van der Waals surface area contributed by atoms with Crippen LogP contribution in [0, 0.1) is 18.3 Å². The molecule has 86 valence electrons. The summed E-state index contributed by atoms with van der Waals surface area (Å²) in [6.45, 7) is 2.53. The summed E-state index contributed by atoms with van der Waals surface area (Å²) in [6, 6.07) is 3.58. The molecule has 2 heterocycles. The van der Waals surface area contributed by atoms with Crippen molar-refractivity contribution in [2.45, 2.75) is 13.5 Å². The Morgan fingerprint density at radius 2 is 2.35 bits per heavy atom. The fourth-order valence-corrected chi connectivity index (χ4v) is 1.42. The Morgan fingerprint density at radius 3 is 2.94 bits per heavy atom. The van der Waals surface area contributed by atoms with Crippen molar-refractivity contribution in [2.75, 3.05) is 11.1 Å². The number of aromatic amines is 1. The van der Waals surface area contributed by atoms with Crippen molar-refractivity contribution in [1.82, 2.24) is 15.2 Å². The topological polar surface area (TPSA) is 103 Å². The lowest BCUT2D eigenvalue weighted by Crippen LogP contribution is -2.05. The number of anilines is 2. The third-order valence-corrected chi connectivity index (χ3v) is 2.43. The number of H-pyrrole nitrogens is 1. The van der Waals surface area contributed by atoms with Gasteiger partial charge in [-0.25, -0.2) is 4.98 Å². The van der Waals surface area contributed by atoms with Crippen molar-refractivity contribution >= 4 is 11.5 Å². The molecule has 0 bridgehead atoms. The normalized spacial score (nSPS) is 9.88. The van der Waals surface area contributed by atoms with Crippen LogP contribution in [0.3, 0.4) is 0 Å². The highest BCUT2D eigenvalue weighted by molar-refractivity contribution is 5.63. The van der Waals surface area contributed by atoms with Crippen molar-refractivity contribution in [3.8, 4) is 6.07 Å². The minimum atomic E-state index is 0.451. The maximum atomic E-state index is 8.69. The van der Waals surface area contributed by atoms with E-state index >= 15 is 0 Å². The molecule has 4 N–H and O–H groups in total. The van der Waals surface area contributed by atoms with Crippen LogP contribution in [0.1, 0.15) is 16.8 Å². The molecular weight excluding hydrogens is 216 g/mol. The molecule has 0 aliphatic rings. The summed E-state index contributed by atoms with van der Waals surface area (Å²) in [5.41, 5.74) is 8.75. The molecule has 2 rings (SSSR count). The predicted octanol–water partition coefficient (Wildman–Crippen LogP) is 1.18. The fourth-order valence-electron chi connectivity index (χ4n) is 1.42. The third kappa shape index (κ3) is 2.34. The fraction of sp³-hybridized carbons (Fsp3) is 0.182. The van der Waals surface area contributed by atoms with E-state index in [0.29, 0.717) is 23.6 Å². The van der Waals surface area contributed by atoms with Gasteiger partial charge in [0.1, 0.15) is 11.9 Å². The first-order valence-electron chi connectivity index (χ1n) is 5.09. The molecule has 0 fully saturated rings. The van der Waals surface area contributed by atoms with Crippen LogP contribution >= 0.6 is 0 Å². The summed E-state index contributed by atoms with van der Waals surface area (Å²) >= 11 is 0. The van der Waals surface area contributed by atoms with E-state index in [4.69, 9.17) is 11.0 Å². The molecular formula is C11H12N6. The van der Waals surface area contributed by atoms with Gasteiger partial charge in [-0.2, -0.15) is 10.4 Å². The molecule has 0 saturated carbocycles. The summed E-state index contributed by atoms with van der Waals surface area (Å²) in [4.78, 5) is 4.09. The number of aryl methyl sites for hydroxylation is 1. The highest BCUT2D eigenvalue weighted by Crippen LogP contribution is 2.17. The lowest BCUT2D eigenvalue weighted by Gasteiger charge is -2.07. The summed E-state index contributed by atoms with van der Waals surface area (Å²) in [7, 11) is 0. The van der Waals surface area contributed by atoms with E-state index in [1.807, 2.05) is 13.0 Å². The average molecular weight is 228 g/mol. The van der Waals surface area contributed by atoms with Crippen LogP contribution in [-0.2, 0) is 6.54 Å². The molecule has 0 aromatic carbocycles. The maximum Gasteiger partial charge on any atom is 0.149 e. The van der Waals surface area contributed by atoms with Gasteiger partial charge in [0.05, 0.1) is 17.4 Å². The summed E-state index contributed by atoms with van der Waals surface area (Å²) in [5, 5.41) is 18.6. The van der Waals surface area contributed by atoms with Gasteiger partial charge in [0.25, 0.3) is 0 Å². The predicted molar refractivity (Wildman–Crippen MR) is 64.0 cm³/mol. The van der Waals surface area contributed by atoms with Crippen molar-refractivity contribution in [1.29, 1.82) is 5.26 Å². The van der Waals surface area contributed by atoms with Gasteiger partial charge in [0.2, 0.25) is 0 Å². The number of nitrogens with zero attached hydrogens (tertiary/aromatic N) is 3. The number of nitrogens with two attached hydrogens (primary N) is 1. The Balaban J connectivity index is 2.10. The summed E-state index contributed by atoms with van der Waals surface area (Å²) in [5.74, 6) is 0.574. The first-order chi connectivity index (χ1) is 8.20. The summed E-state index contributed by atoms with van der Waals surface area (Å²) in [6.07, 6.45) is 3.24. The largest absolute Gasteiger partial charge is 0.396 e. The van der Waals surface area contributed by atoms with E-state index in [9.17, 15) is 0 Å². The van der Waals surface area contributed by atoms with Gasteiger partial charge in [-0.05, 0) is 13.0 Å². The molecule has 0 spiro atoms. The monoisotopic (exact) mass is 228 g/mol. The Morgan fingerprint density at radius 1 is 1.53 bits per heavy atom.